The molecule has 3 rings (SSSR count). The van der Waals surface area contributed by atoms with Crippen molar-refractivity contribution in [1.82, 2.24) is 4.90 Å². The van der Waals surface area contributed by atoms with Gasteiger partial charge in [0.05, 0.1) is 7.11 Å². The second-order valence-corrected chi connectivity index (χ2v) is 5.21. The minimum atomic E-state index is -0.375. The molecule has 2 aliphatic heterocycles. The maximum Gasteiger partial charge on any atom is 0.329 e. The van der Waals surface area contributed by atoms with E-state index in [1.165, 1.54) is 0 Å². The summed E-state index contributed by atoms with van der Waals surface area (Å²) in [7, 11) is 1.61. The molecule has 0 radical (unpaired) electrons. The lowest BCUT2D eigenvalue weighted by atomic mass is 10.0. The van der Waals surface area contributed by atoms with Crippen molar-refractivity contribution in [3.8, 4) is 5.75 Å². The fourth-order valence-corrected chi connectivity index (χ4v) is 2.86. The largest absolute Gasteiger partial charge is 0.497 e. The average Bonchev–Trinajstić information content (AvgIpc) is 2.82. The van der Waals surface area contributed by atoms with Gasteiger partial charge in [-0.25, -0.2) is 4.79 Å². The van der Waals surface area contributed by atoms with E-state index in [-0.39, 0.29) is 30.6 Å². The smallest absolute Gasteiger partial charge is 0.329 e. The molecule has 1 amide bonds. The molecule has 20 heavy (non-hydrogen) atoms. The van der Waals surface area contributed by atoms with Gasteiger partial charge in [0.1, 0.15) is 18.4 Å². The lowest BCUT2D eigenvalue weighted by Gasteiger charge is -2.37. The first-order chi connectivity index (χ1) is 9.69. The number of fused-ring (bicyclic) bond motifs is 1. The first kappa shape index (κ1) is 13.0. The summed E-state index contributed by atoms with van der Waals surface area (Å²) in [6.07, 6.45) is 2.22. The number of benzene rings is 1. The molecule has 2 heterocycles. The molecule has 0 aromatic heterocycles. The Morgan fingerprint density at radius 1 is 1.30 bits per heavy atom. The maximum absolute atomic E-state index is 12.0. The third-order valence-electron chi connectivity index (χ3n) is 4.01. The third kappa shape index (κ3) is 2.24. The van der Waals surface area contributed by atoms with E-state index in [0.29, 0.717) is 6.42 Å². The molecule has 0 aliphatic carbocycles. The van der Waals surface area contributed by atoms with E-state index in [4.69, 9.17) is 9.47 Å². The maximum atomic E-state index is 12.0. The van der Waals surface area contributed by atoms with Gasteiger partial charge in [0.25, 0.3) is 0 Å². The molecular weight excluding hydrogens is 258 g/mol. The second kappa shape index (κ2) is 5.15. The van der Waals surface area contributed by atoms with Crippen LogP contribution in [0.25, 0.3) is 0 Å². The Hall–Kier alpha value is -2.04. The molecule has 0 saturated carbocycles. The van der Waals surface area contributed by atoms with E-state index in [1.807, 2.05) is 24.3 Å². The summed E-state index contributed by atoms with van der Waals surface area (Å²) in [5.74, 6) is 0.542. The molecule has 2 atom stereocenters. The van der Waals surface area contributed by atoms with Crippen LogP contribution in [0.4, 0.5) is 0 Å². The highest BCUT2D eigenvalue weighted by molar-refractivity contribution is 5.90. The number of esters is 1. The molecule has 2 aliphatic rings. The molecule has 0 unspecified atom stereocenters. The molecule has 0 bridgehead atoms. The van der Waals surface area contributed by atoms with E-state index >= 15 is 0 Å². The zero-order valence-corrected chi connectivity index (χ0v) is 11.4. The zero-order chi connectivity index (χ0) is 14.1. The summed E-state index contributed by atoms with van der Waals surface area (Å²) >= 11 is 0. The molecule has 0 spiro atoms. The zero-order valence-electron chi connectivity index (χ0n) is 11.4. The minimum Gasteiger partial charge on any atom is -0.497 e. The van der Waals surface area contributed by atoms with Gasteiger partial charge in [-0.2, -0.15) is 0 Å². The van der Waals surface area contributed by atoms with Crippen molar-refractivity contribution >= 4 is 11.9 Å². The molecule has 5 heteroatoms. The Bertz CT molecular complexity index is 525. The van der Waals surface area contributed by atoms with Crippen molar-refractivity contribution in [3.63, 3.8) is 0 Å². The van der Waals surface area contributed by atoms with Crippen LogP contribution in [0.2, 0.25) is 0 Å². The molecule has 106 valence electrons. The van der Waals surface area contributed by atoms with E-state index in [1.54, 1.807) is 12.0 Å². The molecule has 0 N–H and O–H groups in total. The minimum absolute atomic E-state index is 0.0684. The first-order valence-electron chi connectivity index (χ1n) is 6.80. The Morgan fingerprint density at radius 3 is 2.70 bits per heavy atom. The predicted molar refractivity (Wildman–Crippen MR) is 71.1 cm³/mol. The van der Waals surface area contributed by atoms with E-state index in [0.717, 1.165) is 24.2 Å². The molecule has 1 aromatic rings. The van der Waals surface area contributed by atoms with Gasteiger partial charge in [-0.3, -0.25) is 4.79 Å². The number of ether oxygens (including phenoxy) is 2. The number of β-lactam (4-membered cyclic amide) rings is 1. The lowest BCUT2D eigenvalue weighted by Crippen LogP contribution is -2.54. The van der Waals surface area contributed by atoms with E-state index in [2.05, 4.69) is 0 Å². The molecule has 1 aromatic carbocycles. The number of carbonyl (C=O) groups excluding carboxylic acids is 2. The highest BCUT2D eigenvalue weighted by Gasteiger charge is 2.48. The van der Waals surface area contributed by atoms with Gasteiger partial charge in [0.2, 0.25) is 5.91 Å². The van der Waals surface area contributed by atoms with Crippen molar-refractivity contribution < 1.29 is 19.1 Å². The predicted octanol–water partition coefficient (Wildman–Crippen LogP) is 1.50. The summed E-state index contributed by atoms with van der Waals surface area (Å²) < 4.78 is 10.4. The van der Waals surface area contributed by atoms with Gasteiger partial charge >= 0.3 is 5.97 Å². The Morgan fingerprint density at radius 2 is 2.05 bits per heavy atom. The van der Waals surface area contributed by atoms with Crippen LogP contribution < -0.4 is 4.74 Å². The number of hydrogen-bond donors (Lipinski definition) is 0. The van der Waals surface area contributed by atoms with Crippen LogP contribution in [0.5, 0.6) is 5.75 Å². The van der Waals surface area contributed by atoms with Crippen molar-refractivity contribution in [2.24, 2.45) is 0 Å². The Kier molecular flexibility index (Phi) is 3.34. The molecule has 5 nitrogen and oxygen atoms in total. The van der Waals surface area contributed by atoms with Crippen LogP contribution in [0.15, 0.2) is 24.3 Å². The summed E-state index contributed by atoms with van der Waals surface area (Å²) in [6.45, 7) is 0.228. The van der Waals surface area contributed by atoms with Crippen LogP contribution in [0, 0.1) is 0 Å². The third-order valence-corrected chi connectivity index (χ3v) is 4.01. The van der Waals surface area contributed by atoms with Crippen LogP contribution >= 0.6 is 0 Å². The normalized spacial score (nSPS) is 24.1. The average molecular weight is 275 g/mol. The fraction of sp³-hybridized carbons (Fsp3) is 0.467. The van der Waals surface area contributed by atoms with Crippen molar-refractivity contribution in [2.45, 2.75) is 38.0 Å². The number of amides is 1. The van der Waals surface area contributed by atoms with E-state index in [9.17, 15) is 9.59 Å². The summed E-state index contributed by atoms with van der Waals surface area (Å²) in [5, 5.41) is 0. The Labute approximate surface area is 117 Å². The first-order valence-corrected chi connectivity index (χ1v) is 6.80. The number of methoxy groups -OCH3 is 1. The van der Waals surface area contributed by atoms with Gasteiger partial charge in [0, 0.05) is 12.5 Å². The van der Waals surface area contributed by atoms with Crippen molar-refractivity contribution in [1.29, 1.82) is 0 Å². The second-order valence-electron chi connectivity index (χ2n) is 5.21. The number of rotatable bonds is 4. The van der Waals surface area contributed by atoms with Gasteiger partial charge < -0.3 is 14.4 Å². The van der Waals surface area contributed by atoms with Gasteiger partial charge in [-0.15, -0.1) is 0 Å². The van der Waals surface area contributed by atoms with Gasteiger partial charge in [0.15, 0.2) is 0 Å². The molecule has 2 saturated heterocycles. The fourth-order valence-electron chi connectivity index (χ4n) is 2.86. The van der Waals surface area contributed by atoms with Crippen molar-refractivity contribution in [3.05, 3.63) is 29.8 Å². The summed E-state index contributed by atoms with van der Waals surface area (Å²) in [4.78, 5) is 25.2. The quantitative estimate of drug-likeness (QED) is 0.617. The topological polar surface area (TPSA) is 55.8 Å². The van der Waals surface area contributed by atoms with Crippen LogP contribution in [-0.2, 0) is 20.9 Å². The number of carbonyl (C=O) groups is 2. The number of nitrogens with zero attached hydrogens (tertiary/aromatic N) is 1. The van der Waals surface area contributed by atoms with Crippen LogP contribution in [-0.4, -0.2) is 36.0 Å². The lowest BCUT2D eigenvalue weighted by molar-refractivity contribution is -0.161. The van der Waals surface area contributed by atoms with Crippen LogP contribution in [0.1, 0.15) is 24.8 Å². The summed E-state index contributed by atoms with van der Waals surface area (Å²) in [6, 6.07) is 7.26. The van der Waals surface area contributed by atoms with Crippen LogP contribution in [0.3, 0.4) is 0 Å². The van der Waals surface area contributed by atoms with Gasteiger partial charge in [-0.1, -0.05) is 12.1 Å². The van der Waals surface area contributed by atoms with Gasteiger partial charge in [-0.05, 0) is 30.5 Å². The SMILES string of the molecule is COc1ccc(COC(=O)[C@@H]2CC[C@@H]3CC(=O)N32)cc1. The monoisotopic (exact) mass is 275 g/mol. The number of hydrogen-bond acceptors (Lipinski definition) is 4. The molecular formula is C15H17NO4. The highest BCUT2D eigenvalue weighted by Crippen LogP contribution is 2.35. The highest BCUT2D eigenvalue weighted by atomic mass is 16.5. The summed E-state index contributed by atoms with van der Waals surface area (Å²) in [5.41, 5.74) is 0.906. The molecule has 2 fully saturated rings. The standard InChI is InChI=1S/C15H17NO4/c1-19-12-5-2-10(3-6-12)9-20-15(18)13-7-4-11-8-14(17)16(11)13/h2-3,5-6,11,13H,4,7-9H2,1H3/t11-,13+/m1/s1. The Balaban J connectivity index is 1.55. The van der Waals surface area contributed by atoms with E-state index < -0.39 is 0 Å². The van der Waals surface area contributed by atoms with Crippen molar-refractivity contribution in [2.75, 3.05) is 7.11 Å².